The highest BCUT2D eigenvalue weighted by atomic mass is 16.5. The number of hydrogen-bond donors (Lipinski definition) is 0. The summed E-state index contributed by atoms with van der Waals surface area (Å²) in [6.07, 6.45) is 2.49. The summed E-state index contributed by atoms with van der Waals surface area (Å²) in [5.74, 6) is 3.09. The van der Waals surface area contributed by atoms with Gasteiger partial charge in [0.05, 0.1) is 0 Å². The maximum atomic E-state index is 12.6. The molecule has 5 rings (SSSR count). The van der Waals surface area contributed by atoms with Crippen molar-refractivity contribution in [2.24, 2.45) is 11.8 Å². The Hall–Kier alpha value is -2.22. The first kappa shape index (κ1) is 16.0. The first-order valence-electron chi connectivity index (χ1n) is 9.59. The number of amides is 1. The van der Waals surface area contributed by atoms with E-state index in [1.54, 1.807) is 0 Å². The fourth-order valence-corrected chi connectivity index (χ4v) is 4.55. The van der Waals surface area contributed by atoms with Crippen LogP contribution in [0.4, 0.5) is 5.82 Å². The molecular weight excluding hydrogens is 332 g/mol. The molecule has 2 aromatic rings. The molecule has 3 aliphatic heterocycles. The minimum absolute atomic E-state index is 0.195. The quantitative estimate of drug-likeness (QED) is 0.808. The fraction of sp³-hybridized carbons (Fsp3) is 0.667. The molecule has 3 saturated heterocycles. The third-order valence-corrected chi connectivity index (χ3v) is 5.96. The van der Waals surface area contributed by atoms with Crippen LogP contribution in [0.5, 0.6) is 0 Å². The normalized spacial score (nSPS) is 28.3. The summed E-state index contributed by atoms with van der Waals surface area (Å²) in [4.78, 5) is 16.9. The van der Waals surface area contributed by atoms with Gasteiger partial charge >= 0.3 is 0 Å². The maximum Gasteiger partial charge on any atom is 0.251 e. The van der Waals surface area contributed by atoms with E-state index in [2.05, 4.69) is 22.0 Å². The average Bonchev–Trinajstić information content (AvgIpc) is 3.42. The van der Waals surface area contributed by atoms with Gasteiger partial charge in [0.2, 0.25) is 0 Å². The highest BCUT2D eigenvalue weighted by Gasteiger charge is 2.43. The van der Waals surface area contributed by atoms with Gasteiger partial charge in [-0.05, 0) is 25.0 Å². The van der Waals surface area contributed by atoms with Gasteiger partial charge in [0.25, 0.3) is 5.91 Å². The van der Waals surface area contributed by atoms with Crippen LogP contribution < -0.4 is 4.90 Å². The minimum atomic E-state index is -0.199. The molecule has 0 bridgehead atoms. The van der Waals surface area contributed by atoms with Gasteiger partial charge in [-0.2, -0.15) is 4.52 Å². The van der Waals surface area contributed by atoms with Gasteiger partial charge in [0, 0.05) is 51.0 Å². The summed E-state index contributed by atoms with van der Waals surface area (Å²) in [6, 6.07) is 4.01. The maximum absolute atomic E-state index is 12.6. The summed E-state index contributed by atoms with van der Waals surface area (Å²) in [5.41, 5.74) is 0.790. The van der Waals surface area contributed by atoms with Crippen LogP contribution in [0.25, 0.3) is 5.65 Å². The Morgan fingerprint density at radius 1 is 1.19 bits per heavy atom. The molecule has 138 valence electrons. The lowest BCUT2D eigenvalue weighted by molar-refractivity contribution is -0.140. The van der Waals surface area contributed by atoms with Crippen molar-refractivity contribution in [3.63, 3.8) is 0 Å². The van der Waals surface area contributed by atoms with Crippen molar-refractivity contribution in [3.05, 3.63) is 18.0 Å². The number of rotatable bonds is 3. The lowest BCUT2D eigenvalue weighted by atomic mass is 10.0. The van der Waals surface area contributed by atoms with E-state index in [0.29, 0.717) is 11.8 Å². The molecular formula is C18H24N6O2. The number of carbonyl (C=O) groups excluding carboxylic acids is 1. The van der Waals surface area contributed by atoms with E-state index in [0.717, 1.165) is 69.3 Å². The zero-order valence-corrected chi connectivity index (χ0v) is 15.0. The highest BCUT2D eigenvalue weighted by Crippen LogP contribution is 2.34. The van der Waals surface area contributed by atoms with Crippen molar-refractivity contribution in [1.82, 2.24) is 24.7 Å². The molecule has 8 nitrogen and oxygen atoms in total. The Labute approximate surface area is 152 Å². The molecule has 1 amide bonds. The van der Waals surface area contributed by atoms with Crippen molar-refractivity contribution in [2.75, 3.05) is 37.7 Å². The van der Waals surface area contributed by atoms with Crippen molar-refractivity contribution < 1.29 is 9.53 Å². The SMILES string of the molecule is CCc1nnc2ccc(N3CC4CN(C(=O)C5CCCO5)CC4C3)nn12. The number of aromatic nitrogens is 4. The van der Waals surface area contributed by atoms with E-state index in [1.165, 1.54) is 0 Å². The average molecular weight is 356 g/mol. The highest BCUT2D eigenvalue weighted by molar-refractivity contribution is 5.81. The number of fused-ring (bicyclic) bond motifs is 2. The summed E-state index contributed by atoms with van der Waals surface area (Å²) in [5, 5.41) is 13.1. The first-order chi connectivity index (χ1) is 12.7. The van der Waals surface area contributed by atoms with E-state index in [9.17, 15) is 4.79 Å². The van der Waals surface area contributed by atoms with Crippen molar-refractivity contribution in [3.8, 4) is 0 Å². The molecule has 0 aromatic carbocycles. The molecule has 0 saturated carbocycles. The van der Waals surface area contributed by atoms with Crippen LogP contribution in [0.2, 0.25) is 0 Å². The van der Waals surface area contributed by atoms with Crippen LogP contribution in [-0.4, -0.2) is 69.5 Å². The molecule has 0 radical (unpaired) electrons. The Morgan fingerprint density at radius 3 is 2.69 bits per heavy atom. The number of nitrogens with zero attached hydrogens (tertiary/aromatic N) is 6. The Morgan fingerprint density at radius 2 is 2.00 bits per heavy atom. The Balaban J connectivity index is 1.28. The van der Waals surface area contributed by atoms with E-state index < -0.39 is 0 Å². The zero-order valence-electron chi connectivity index (χ0n) is 15.0. The lowest BCUT2D eigenvalue weighted by Gasteiger charge is -2.24. The second kappa shape index (κ2) is 6.19. The predicted octanol–water partition coefficient (Wildman–Crippen LogP) is 0.760. The Bertz CT molecular complexity index is 816. The third kappa shape index (κ3) is 2.55. The summed E-state index contributed by atoms with van der Waals surface area (Å²) >= 11 is 0. The molecule has 8 heteroatoms. The van der Waals surface area contributed by atoms with Gasteiger partial charge in [0.15, 0.2) is 11.5 Å². The smallest absolute Gasteiger partial charge is 0.251 e. The molecule has 5 heterocycles. The van der Waals surface area contributed by atoms with Gasteiger partial charge in [-0.15, -0.1) is 15.3 Å². The number of hydrogen-bond acceptors (Lipinski definition) is 6. The molecule has 26 heavy (non-hydrogen) atoms. The van der Waals surface area contributed by atoms with Crippen molar-refractivity contribution >= 4 is 17.4 Å². The monoisotopic (exact) mass is 356 g/mol. The van der Waals surface area contributed by atoms with Crippen LogP contribution >= 0.6 is 0 Å². The second-order valence-electron chi connectivity index (χ2n) is 7.60. The molecule has 3 unspecified atom stereocenters. The summed E-state index contributed by atoms with van der Waals surface area (Å²) in [7, 11) is 0. The zero-order chi connectivity index (χ0) is 17.7. The summed E-state index contributed by atoms with van der Waals surface area (Å²) < 4.78 is 7.41. The number of aryl methyl sites for hydroxylation is 1. The third-order valence-electron chi connectivity index (χ3n) is 5.96. The molecule has 3 aliphatic rings. The number of ether oxygens (including phenoxy) is 1. The van der Waals surface area contributed by atoms with Crippen LogP contribution in [0, 0.1) is 11.8 Å². The molecule has 3 atom stereocenters. The molecule has 2 aromatic heterocycles. The number of anilines is 1. The van der Waals surface area contributed by atoms with Crippen molar-refractivity contribution in [1.29, 1.82) is 0 Å². The molecule has 0 aliphatic carbocycles. The molecule has 0 spiro atoms. The van der Waals surface area contributed by atoms with E-state index in [1.807, 2.05) is 21.5 Å². The Kier molecular flexibility index (Phi) is 3.81. The predicted molar refractivity (Wildman–Crippen MR) is 94.9 cm³/mol. The topological polar surface area (TPSA) is 75.9 Å². The van der Waals surface area contributed by atoms with E-state index >= 15 is 0 Å². The largest absolute Gasteiger partial charge is 0.368 e. The van der Waals surface area contributed by atoms with Gasteiger partial charge in [-0.1, -0.05) is 6.92 Å². The van der Waals surface area contributed by atoms with Crippen LogP contribution in [0.15, 0.2) is 12.1 Å². The van der Waals surface area contributed by atoms with Crippen LogP contribution in [-0.2, 0) is 16.0 Å². The van der Waals surface area contributed by atoms with Gasteiger partial charge < -0.3 is 14.5 Å². The second-order valence-corrected chi connectivity index (χ2v) is 7.60. The van der Waals surface area contributed by atoms with E-state index in [4.69, 9.17) is 9.84 Å². The lowest BCUT2D eigenvalue weighted by Crippen LogP contribution is -2.39. The van der Waals surface area contributed by atoms with Crippen LogP contribution in [0.3, 0.4) is 0 Å². The first-order valence-corrected chi connectivity index (χ1v) is 9.59. The van der Waals surface area contributed by atoms with E-state index in [-0.39, 0.29) is 12.0 Å². The number of likely N-dealkylation sites (tertiary alicyclic amines) is 1. The van der Waals surface area contributed by atoms with Crippen molar-refractivity contribution in [2.45, 2.75) is 32.3 Å². The minimum Gasteiger partial charge on any atom is -0.368 e. The van der Waals surface area contributed by atoms with Crippen LogP contribution in [0.1, 0.15) is 25.6 Å². The molecule has 0 N–H and O–H groups in total. The molecule has 3 fully saturated rings. The standard InChI is InChI=1S/C18H24N6O2/c1-2-15-19-20-16-5-6-17(21-24(15)16)22-8-12-10-23(11-13(12)9-22)18(25)14-4-3-7-26-14/h5-6,12-14H,2-4,7-11H2,1H3. The van der Waals surface area contributed by atoms with Gasteiger partial charge in [-0.3, -0.25) is 4.79 Å². The van der Waals surface area contributed by atoms with Gasteiger partial charge in [-0.25, -0.2) is 0 Å². The fourth-order valence-electron chi connectivity index (χ4n) is 4.55. The number of carbonyl (C=O) groups is 1. The van der Waals surface area contributed by atoms with Gasteiger partial charge in [0.1, 0.15) is 11.9 Å². The summed E-state index contributed by atoms with van der Waals surface area (Å²) in [6.45, 7) is 6.36.